The van der Waals surface area contributed by atoms with Gasteiger partial charge in [0.1, 0.15) is 28.1 Å². The van der Waals surface area contributed by atoms with Crippen LogP contribution in [-0.4, -0.2) is 61.4 Å². The monoisotopic (exact) mass is 474 g/mol. The van der Waals surface area contributed by atoms with Gasteiger partial charge >= 0.3 is 0 Å². The highest BCUT2D eigenvalue weighted by Crippen LogP contribution is 2.23. The minimum atomic E-state index is -1.60. The number of rotatable bonds is 8. The van der Waals surface area contributed by atoms with Crippen LogP contribution < -0.4 is 0 Å². The Bertz CT molecular complexity index is 713. The summed E-state index contributed by atoms with van der Waals surface area (Å²) in [4.78, 5) is 10.2. The van der Waals surface area contributed by atoms with Crippen molar-refractivity contribution in [1.29, 1.82) is 0 Å². The van der Waals surface area contributed by atoms with Crippen LogP contribution in [0.4, 0.5) is 0 Å². The van der Waals surface area contributed by atoms with Crippen LogP contribution in [0.1, 0.15) is 66.5 Å². The van der Waals surface area contributed by atoms with E-state index < -0.39 is 16.5 Å². The molecule has 0 saturated heterocycles. The lowest BCUT2D eigenvalue weighted by molar-refractivity contribution is 0.499. The molecule has 0 N–H and O–H groups in total. The topological polar surface area (TPSA) is 31.2 Å². The van der Waals surface area contributed by atoms with Crippen molar-refractivity contribution in [3.05, 3.63) is 35.4 Å². The molecule has 0 fully saturated rings. The van der Waals surface area contributed by atoms with Crippen LogP contribution in [0.3, 0.4) is 0 Å². The van der Waals surface area contributed by atoms with E-state index >= 15 is 0 Å². The minimum Gasteiger partial charge on any atom is -0.381 e. The first-order chi connectivity index (χ1) is 14.5. The second-order valence-electron chi connectivity index (χ2n) is 11.9. The third-order valence-electron chi connectivity index (χ3n) is 5.10. The number of benzene rings is 1. The largest absolute Gasteiger partial charge is 0.381 e. The third-order valence-corrected chi connectivity index (χ3v) is 9.44. The van der Waals surface area contributed by atoms with Crippen molar-refractivity contribution in [3.63, 3.8) is 0 Å². The average Bonchev–Trinajstić information content (AvgIpc) is 2.57. The standard InChI is InChI=1S/C26H50N4Si2/c1-19(2)27-25(29(21(5)6)31(9,10)11)23-15-17-24(18-16-23)26(28-20(3)4)30(22(7)8)32(12,13)14/h15-22H,1-14H3. The Labute approximate surface area is 201 Å². The predicted octanol–water partition coefficient (Wildman–Crippen LogP) is 7.09. The van der Waals surface area contributed by atoms with Gasteiger partial charge in [-0.15, -0.1) is 0 Å². The molecular weight excluding hydrogens is 424 g/mol. The molecule has 0 aliphatic carbocycles. The van der Waals surface area contributed by atoms with Crippen LogP contribution in [0.25, 0.3) is 0 Å². The van der Waals surface area contributed by atoms with E-state index in [-0.39, 0.29) is 12.1 Å². The highest BCUT2D eigenvalue weighted by molar-refractivity contribution is 6.76. The summed E-state index contributed by atoms with van der Waals surface area (Å²) < 4.78 is 5.15. The van der Waals surface area contributed by atoms with Crippen LogP contribution in [0.2, 0.25) is 39.3 Å². The van der Waals surface area contributed by atoms with Crippen molar-refractivity contribution in [2.75, 3.05) is 0 Å². The van der Waals surface area contributed by atoms with Crippen LogP contribution in [-0.2, 0) is 0 Å². The van der Waals surface area contributed by atoms with Crippen LogP contribution in [0.5, 0.6) is 0 Å². The first-order valence-corrected chi connectivity index (χ1v) is 19.2. The van der Waals surface area contributed by atoms with Crippen molar-refractivity contribution in [3.8, 4) is 0 Å². The summed E-state index contributed by atoms with van der Waals surface area (Å²) in [5.74, 6) is 2.27. The van der Waals surface area contributed by atoms with Crippen LogP contribution >= 0.6 is 0 Å². The lowest BCUT2D eigenvalue weighted by atomic mass is 10.1. The van der Waals surface area contributed by atoms with Crippen molar-refractivity contribution >= 4 is 28.1 Å². The number of amidine groups is 2. The van der Waals surface area contributed by atoms with Crippen molar-refractivity contribution in [1.82, 2.24) is 9.13 Å². The Kier molecular flexibility index (Phi) is 9.97. The quantitative estimate of drug-likeness (QED) is 0.229. The van der Waals surface area contributed by atoms with E-state index in [1.54, 1.807) is 0 Å². The Morgan fingerprint density at radius 1 is 0.562 bits per heavy atom. The first-order valence-electron chi connectivity index (χ1n) is 12.3. The molecular formula is C26H50N4Si2. The fraction of sp³-hybridized carbons (Fsp3) is 0.692. The molecule has 0 atom stereocenters. The van der Waals surface area contributed by atoms with Gasteiger partial charge in [0.25, 0.3) is 0 Å². The molecule has 0 heterocycles. The minimum absolute atomic E-state index is 0.253. The van der Waals surface area contributed by atoms with Gasteiger partial charge in [-0.25, -0.2) is 0 Å². The summed E-state index contributed by atoms with van der Waals surface area (Å²) in [5, 5.41) is 0. The maximum atomic E-state index is 5.10. The van der Waals surface area contributed by atoms with Gasteiger partial charge < -0.3 is 9.13 Å². The van der Waals surface area contributed by atoms with E-state index in [1.165, 1.54) is 11.1 Å². The Morgan fingerprint density at radius 3 is 0.969 bits per heavy atom. The molecule has 182 valence electrons. The van der Waals surface area contributed by atoms with Gasteiger partial charge in [-0.1, -0.05) is 63.5 Å². The zero-order chi connectivity index (χ0) is 25.0. The fourth-order valence-electron chi connectivity index (χ4n) is 4.48. The molecule has 0 bridgehead atoms. The number of hydrogen-bond acceptors (Lipinski definition) is 2. The molecule has 32 heavy (non-hydrogen) atoms. The molecule has 0 radical (unpaired) electrons. The number of nitrogens with zero attached hydrogens (tertiary/aromatic N) is 4. The van der Waals surface area contributed by atoms with Crippen LogP contribution in [0, 0.1) is 0 Å². The highest BCUT2D eigenvalue weighted by atomic mass is 28.3. The average molecular weight is 475 g/mol. The maximum Gasteiger partial charge on any atom is 0.149 e. The van der Waals surface area contributed by atoms with Crippen molar-refractivity contribution < 1.29 is 0 Å². The molecule has 0 spiro atoms. The molecule has 0 aromatic heterocycles. The summed E-state index contributed by atoms with van der Waals surface area (Å²) in [6.07, 6.45) is 0. The van der Waals surface area contributed by atoms with Gasteiger partial charge in [0.2, 0.25) is 0 Å². The van der Waals surface area contributed by atoms with E-state index in [9.17, 15) is 0 Å². The van der Waals surface area contributed by atoms with E-state index in [0.29, 0.717) is 12.1 Å². The van der Waals surface area contributed by atoms with Gasteiger partial charge in [0.15, 0.2) is 0 Å². The van der Waals surface area contributed by atoms with Crippen molar-refractivity contribution in [2.24, 2.45) is 9.98 Å². The highest BCUT2D eigenvalue weighted by Gasteiger charge is 2.32. The van der Waals surface area contributed by atoms with Crippen molar-refractivity contribution in [2.45, 2.75) is 119 Å². The van der Waals surface area contributed by atoms with E-state index in [1.807, 2.05) is 0 Å². The van der Waals surface area contributed by atoms with E-state index in [0.717, 1.165) is 11.7 Å². The molecule has 0 amide bonds. The molecule has 0 aliphatic heterocycles. The Balaban J connectivity index is 3.61. The molecule has 1 aromatic rings. The van der Waals surface area contributed by atoms with Gasteiger partial charge in [-0.3, -0.25) is 9.98 Å². The molecule has 4 nitrogen and oxygen atoms in total. The number of aliphatic imine (C=N–C) groups is 2. The molecule has 0 aliphatic rings. The zero-order valence-electron chi connectivity index (χ0n) is 23.4. The SMILES string of the molecule is CC(C)N=C(c1ccc(C(=NC(C)C)N(C(C)C)[Si](C)(C)C)cc1)N(C(C)C)[Si](C)(C)C. The molecule has 1 rings (SSSR count). The van der Waals surface area contributed by atoms with Gasteiger partial charge in [-0.2, -0.15) is 0 Å². The zero-order valence-corrected chi connectivity index (χ0v) is 25.4. The summed E-state index contributed by atoms with van der Waals surface area (Å²) in [6, 6.07) is 10.4. The maximum absolute atomic E-state index is 5.10. The lowest BCUT2D eigenvalue weighted by Crippen LogP contribution is -2.54. The Morgan fingerprint density at radius 2 is 0.812 bits per heavy atom. The summed E-state index contributed by atoms with van der Waals surface area (Å²) >= 11 is 0. The molecule has 6 heteroatoms. The Hall–Kier alpha value is -1.41. The van der Waals surface area contributed by atoms with E-state index in [2.05, 4.69) is 128 Å². The molecule has 0 unspecified atom stereocenters. The summed E-state index contributed by atoms with van der Waals surface area (Å²) in [6.45, 7) is 32.2. The summed E-state index contributed by atoms with van der Waals surface area (Å²) in [5.41, 5.74) is 2.40. The lowest BCUT2D eigenvalue weighted by Gasteiger charge is -2.41. The van der Waals surface area contributed by atoms with Crippen LogP contribution in [0.15, 0.2) is 34.3 Å². The second-order valence-corrected chi connectivity index (χ2v) is 21.6. The smallest absolute Gasteiger partial charge is 0.149 e. The normalized spacial score (nSPS) is 14.2. The number of hydrogen-bond donors (Lipinski definition) is 0. The van der Waals surface area contributed by atoms with Gasteiger partial charge in [0, 0.05) is 35.3 Å². The van der Waals surface area contributed by atoms with Gasteiger partial charge in [-0.05, 0) is 55.4 Å². The summed E-state index contributed by atoms with van der Waals surface area (Å²) in [7, 11) is -3.20. The third kappa shape index (κ3) is 7.87. The molecule has 1 aromatic carbocycles. The first kappa shape index (κ1) is 28.6. The predicted molar refractivity (Wildman–Crippen MR) is 150 cm³/mol. The van der Waals surface area contributed by atoms with Gasteiger partial charge in [0.05, 0.1) is 0 Å². The second kappa shape index (κ2) is 11.1. The molecule has 0 saturated carbocycles. The van der Waals surface area contributed by atoms with E-state index in [4.69, 9.17) is 9.98 Å². The fourth-order valence-corrected chi connectivity index (χ4v) is 9.23.